The third-order valence-corrected chi connectivity index (χ3v) is 6.45. The number of aryl methyl sites for hydroxylation is 1. The van der Waals surface area contributed by atoms with Gasteiger partial charge in [-0.1, -0.05) is 29.8 Å². The fourth-order valence-electron chi connectivity index (χ4n) is 2.60. The lowest BCUT2D eigenvalue weighted by molar-refractivity contribution is 0.0951. The summed E-state index contributed by atoms with van der Waals surface area (Å²) in [7, 11) is -2.39. The molecule has 0 saturated carbocycles. The standard InChI is InChI=1S/C19H19ClN4O3S/c1-13-14(12-22-23-13)11-21-19(25)17-10-16(8-9-18(17)20)28(26,27)24(2)15-6-4-3-5-7-15/h3-10,12H,11H2,1-2H3,(H,21,25)(H,22,23). The number of para-hydroxylation sites is 1. The number of nitrogens with one attached hydrogen (secondary N) is 2. The third-order valence-electron chi connectivity index (χ3n) is 4.33. The SMILES string of the molecule is Cc1[nH]ncc1CNC(=O)c1cc(S(=O)(=O)N(C)c2ccccc2)ccc1Cl. The number of carbonyl (C=O) groups is 1. The highest BCUT2D eigenvalue weighted by Gasteiger charge is 2.23. The molecule has 146 valence electrons. The number of rotatable bonds is 6. The summed E-state index contributed by atoms with van der Waals surface area (Å²) in [5.41, 5.74) is 2.27. The molecular formula is C19H19ClN4O3S. The van der Waals surface area contributed by atoms with Gasteiger partial charge in [0.25, 0.3) is 15.9 Å². The first-order valence-corrected chi connectivity index (χ1v) is 10.2. The van der Waals surface area contributed by atoms with E-state index in [0.717, 1.165) is 15.6 Å². The number of carbonyl (C=O) groups excluding carboxylic acids is 1. The first kappa shape index (κ1) is 19.9. The van der Waals surface area contributed by atoms with Crippen LogP contribution in [0.25, 0.3) is 0 Å². The molecule has 3 aromatic rings. The van der Waals surface area contributed by atoms with Gasteiger partial charge in [0, 0.05) is 24.8 Å². The van der Waals surface area contributed by atoms with E-state index in [2.05, 4.69) is 15.5 Å². The number of H-pyrrole nitrogens is 1. The van der Waals surface area contributed by atoms with Gasteiger partial charge in [0.1, 0.15) is 0 Å². The highest BCUT2D eigenvalue weighted by molar-refractivity contribution is 7.92. The zero-order valence-corrected chi connectivity index (χ0v) is 16.9. The summed E-state index contributed by atoms with van der Waals surface area (Å²) < 4.78 is 27.1. The highest BCUT2D eigenvalue weighted by atomic mass is 35.5. The van der Waals surface area contributed by atoms with Gasteiger partial charge in [-0.3, -0.25) is 14.2 Å². The zero-order chi connectivity index (χ0) is 20.3. The molecule has 2 aromatic carbocycles. The van der Waals surface area contributed by atoms with E-state index < -0.39 is 15.9 Å². The van der Waals surface area contributed by atoms with E-state index in [1.807, 2.05) is 6.92 Å². The number of aromatic amines is 1. The van der Waals surface area contributed by atoms with E-state index in [1.165, 1.54) is 25.2 Å². The summed E-state index contributed by atoms with van der Waals surface area (Å²) in [6.07, 6.45) is 1.62. The van der Waals surface area contributed by atoms with Crippen LogP contribution in [0.3, 0.4) is 0 Å². The molecule has 0 radical (unpaired) electrons. The van der Waals surface area contributed by atoms with Crippen molar-refractivity contribution in [2.45, 2.75) is 18.4 Å². The molecule has 0 aliphatic carbocycles. The number of sulfonamides is 1. The van der Waals surface area contributed by atoms with Gasteiger partial charge in [0.05, 0.1) is 27.4 Å². The van der Waals surface area contributed by atoms with Gasteiger partial charge in [-0.05, 0) is 37.3 Å². The van der Waals surface area contributed by atoms with Gasteiger partial charge in [-0.15, -0.1) is 0 Å². The molecule has 0 atom stereocenters. The summed E-state index contributed by atoms with van der Waals surface area (Å²) >= 11 is 6.14. The van der Waals surface area contributed by atoms with Crippen LogP contribution in [0.4, 0.5) is 5.69 Å². The molecule has 0 aliphatic rings. The normalized spacial score (nSPS) is 11.2. The fourth-order valence-corrected chi connectivity index (χ4v) is 4.02. The molecule has 2 N–H and O–H groups in total. The van der Waals surface area contributed by atoms with Crippen molar-refractivity contribution >= 4 is 33.2 Å². The van der Waals surface area contributed by atoms with Gasteiger partial charge in [-0.25, -0.2) is 8.42 Å². The van der Waals surface area contributed by atoms with Crippen molar-refractivity contribution in [2.24, 2.45) is 0 Å². The number of halogens is 1. The van der Waals surface area contributed by atoms with Gasteiger partial charge < -0.3 is 5.32 Å². The van der Waals surface area contributed by atoms with E-state index in [1.54, 1.807) is 36.5 Å². The van der Waals surface area contributed by atoms with Crippen LogP contribution in [0.15, 0.2) is 59.6 Å². The summed E-state index contributed by atoms with van der Waals surface area (Å²) in [5, 5.41) is 9.59. The quantitative estimate of drug-likeness (QED) is 0.642. The lowest BCUT2D eigenvalue weighted by Gasteiger charge is -2.20. The van der Waals surface area contributed by atoms with E-state index >= 15 is 0 Å². The van der Waals surface area contributed by atoms with E-state index in [-0.39, 0.29) is 22.0 Å². The van der Waals surface area contributed by atoms with Crippen molar-refractivity contribution in [3.05, 3.63) is 76.6 Å². The van der Waals surface area contributed by atoms with Gasteiger partial charge in [-0.2, -0.15) is 5.10 Å². The minimum absolute atomic E-state index is 0.0205. The molecule has 1 amide bonds. The number of amides is 1. The molecule has 0 spiro atoms. The van der Waals surface area contributed by atoms with Crippen LogP contribution in [-0.2, 0) is 16.6 Å². The molecule has 7 nitrogen and oxygen atoms in total. The minimum atomic E-state index is -3.85. The number of nitrogens with zero attached hydrogens (tertiary/aromatic N) is 2. The van der Waals surface area contributed by atoms with E-state index in [0.29, 0.717) is 5.69 Å². The summed E-state index contributed by atoms with van der Waals surface area (Å²) in [4.78, 5) is 12.5. The largest absolute Gasteiger partial charge is 0.348 e. The van der Waals surface area contributed by atoms with Gasteiger partial charge in [0.15, 0.2) is 0 Å². The molecule has 9 heteroatoms. The number of aromatic nitrogens is 2. The lowest BCUT2D eigenvalue weighted by atomic mass is 10.2. The molecule has 0 saturated heterocycles. The van der Waals surface area contributed by atoms with Crippen LogP contribution in [0.1, 0.15) is 21.6 Å². The molecular weight excluding hydrogens is 400 g/mol. The van der Waals surface area contributed by atoms with Crippen LogP contribution in [-0.4, -0.2) is 31.6 Å². The topological polar surface area (TPSA) is 95.2 Å². The van der Waals surface area contributed by atoms with Crippen LogP contribution < -0.4 is 9.62 Å². The number of hydrogen-bond donors (Lipinski definition) is 2. The summed E-state index contributed by atoms with van der Waals surface area (Å²) in [5.74, 6) is -0.468. The van der Waals surface area contributed by atoms with Gasteiger partial charge >= 0.3 is 0 Å². The Morgan fingerprint density at radius 1 is 1.21 bits per heavy atom. The minimum Gasteiger partial charge on any atom is -0.348 e. The Balaban J connectivity index is 1.86. The predicted molar refractivity (Wildman–Crippen MR) is 108 cm³/mol. The van der Waals surface area contributed by atoms with Crippen LogP contribution in [0.5, 0.6) is 0 Å². The second-order valence-corrected chi connectivity index (χ2v) is 8.53. The number of anilines is 1. The Morgan fingerprint density at radius 2 is 1.93 bits per heavy atom. The molecule has 0 aliphatic heterocycles. The number of benzene rings is 2. The Morgan fingerprint density at radius 3 is 2.57 bits per heavy atom. The second-order valence-electron chi connectivity index (χ2n) is 6.15. The first-order valence-electron chi connectivity index (χ1n) is 8.41. The molecule has 1 heterocycles. The Hall–Kier alpha value is -2.84. The van der Waals surface area contributed by atoms with Crippen molar-refractivity contribution in [3.63, 3.8) is 0 Å². The molecule has 3 rings (SSSR count). The zero-order valence-electron chi connectivity index (χ0n) is 15.3. The molecule has 28 heavy (non-hydrogen) atoms. The van der Waals surface area contributed by atoms with E-state index in [9.17, 15) is 13.2 Å². The Labute approximate surface area is 168 Å². The van der Waals surface area contributed by atoms with Crippen molar-refractivity contribution in [2.75, 3.05) is 11.4 Å². The maximum atomic E-state index is 12.9. The highest BCUT2D eigenvalue weighted by Crippen LogP contribution is 2.25. The maximum Gasteiger partial charge on any atom is 0.264 e. The van der Waals surface area contributed by atoms with Crippen LogP contribution >= 0.6 is 11.6 Å². The third kappa shape index (κ3) is 4.02. The number of hydrogen-bond acceptors (Lipinski definition) is 4. The van der Waals surface area contributed by atoms with Crippen LogP contribution in [0, 0.1) is 6.92 Å². The van der Waals surface area contributed by atoms with Crippen molar-refractivity contribution in [1.82, 2.24) is 15.5 Å². The maximum absolute atomic E-state index is 12.9. The Kier molecular flexibility index (Phi) is 5.71. The lowest BCUT2D eigenvalue weighted by Crippen LogP contribution is -2.27. The summed E-state index contributed by atoms with van der Waals surface area (Å²) in [6, 6.07) is 12.8. The molecule has 0 unspecified atom stereocenters. The Bertz CT molecular complexity index is 1100. The summed E-state index contributed by atoms with van der Waals surface area (Å²) in [6.45, 7) is 2.09. The first-order chi connectivity index (χ1) is 13.3. The average Bonchev–Trinajstić information content (AvgIpc) is 3.11. The van der Waals surface area contributed by atoms with E-state index in [4.69, 9.17) is 11.6 Å². The predicted octanol–water partition coefficient (Wildman–Crippen LogP) is 3.13. The van der Waals surface area contributed by atoms with Crippen molar-refractivity contribution < 1.29 is 13.2 Å². The van der Waals surface area contributed by atoms with Crippen LogP contribution in [0.2, 0.25) is 5.02 Å². The molecule has 1 aromatic heterocycles. The molecule has 0 bridgehead atoms. The van der Waals surface area contributed by atoms with Crippen molar-refractivity contribution in [1.29, 1.82) is 0 Å². The van der Waals surface area contributed by atoms with Crippen molar-refractivity contribution in [3.8, 4) is 0 Å². The van der Waals surface area contributed by atoms with Gasteiger partial charge in [0.2, 0.25) is 0 Å². The average molecular weight is 419 g/mol. The monoisotopic (exact) mass is 418 g/mol. The molecule has 0 fully saturated rings. The second kappa shape index (κ2) is 8.04. The smallest absolute Gasteiger partial charge is 0.264 e. The fraction of sp³-hybridized carbons (Fsp3) is 0.158.